The van der Waals surface area contributed by atoms with E-state index in [1.807, 2.05) is 18.2 Å². The highest BCUT2D eigenvalue weighted by atomic mass is 16.1. The first-order chi connectivity index (χ1) is 13.3. The zero-order valence-corrected chi connectivity index (χ0v) is 15.5. The van der Waals surface area contributed by atoms with Gasteiger partial charge in [-0.1, -0.05) is 36.4 Å². The van der Waals surface area contributed by atoms with Gasteiger partial charge in [0.25, 0.3) is 5.91 Å². The normalized spacial score (nSPS) is 16.1. The zero-order chi connectivity index (χ0) is 18.2. The largest absolute Gasteiger partial charge is 0.321 e. The van der Waals surface area contributed by atoms with Crippen LogP contribution in [0.25, 0.3) is 10.8 Å². The smallest absolute Gasteiger partial charge is 0.255 e. The first-order valence-corrected chi connectivity index (χ1v) is 9.94. The summed E-state index contributed by atoms with van der Waals surface area (Å²) in [4.78, 5) is 15.3. The lowest BCUT2D eigenvalue weighted by Gasteiger charge is -2.15. The van der Waals surface area contributed by atoms with Crippen LogP contribution >= 0.6 is 0 Å². The molecule has 136 valence electrons. The van der Waals surface area contributed by atoms with Gasteiger partial charge in [-0.3, -0.25) is 9.69 Å². The van der Waals surface area contributed by atoms with Gasteiger partial charge in [0, 0.05) is 23.2 Å². The first kappa shape index (κ1) is 16.5. The minimum absolute atomic E-state index is 0.0403. The number of carbonyl (C=O) groups excluding carboxylic acids is 1. The Morgan fingerprint density at radius 2 is 1.63 bits per heavy atom. The summed E-state index contributed by atoms with van der Waals surface area (Å²) in [6.45, 7) is 3.36. The van der Waals surface area contributed by atoms with E-state index in [-0.39, 0.29) is 5.91 Å². The van der Waals surface area contributed by atoms with Crippen LogP contribution in [0.2, 0.25) is 0 Å². The van der Waals surface area contributed by atoms with E-state index in [0.717, 1.165) is 30.5 Å². The van der Waals surface area contributed by atoms with Gasteiger partial charge in [0.1, 0.15) is 0 Å². The molecule has 1 N–H and O–H groups in total. The Hall–Kier alpha value is -2.65. The molecule has 27 heavy (non-hydrogen) atoms. The Morgan fingerprint density at radius 1 is 0.889 bits per heavy atom. The van der Waals surface area contributed by atoms with Gasteiger partial charge >= 0.3 is 0 Å². The highest BCUT2D eigenvalue weighted by Crippen LogP contribution is 2.35. The first-order valence-electron chi connectivity index (χ1n) is 9.94. The third-order valence-corrected chi connectivity index (χ3v) is 5.95. The molecular formula is C24H24N2O. The average molecular weight is 356 g/mol. The van der Waals surface area contributed by atoms with Crippen molar-refractivity contribution < 1.29 is 4.79 Å². The minimum atomic E-state index is -0.0403. The van der Waals surface area contributed by atoms with Crippen LogP contribution in [0.4, 0.5) is 5.69 Å². The Balaban J connectivity index is 1.35. The molecule has 1 amide bonds. The van der Waals surface area contributed by atoms with Gasteiger partial charge in [-0.05, 0) is 79.0 Å². The third-order valence-electron chi connectivity index (χ3n) is 5.95. The number of aryl methyl sites for hydroxylation is 2. The number of benzene rings is 3. The second-order valence-electron chi connectivity index (χ2n) is 7.75. The molecule has 1 heterocycles. The summed E-state index contributed by atoms with van der Waals surface area (Å²) in [6.07, 6.45) is 4.80. The van der Waals surface area contributed by atoms with Crippen molar-refractivity contribution in [3.05, 3.63) is 76.9 Å². The number of amides is 1. The zero-order valence-electron chi connectivity index (χ0n) is 15.5. The Labute approximate surface area is 160 Å². The fraction of sp³-hybridized carbons (Fsp3) is 0.292. The van der Waals surface area contributed by atoms with E-state index in [1.54, 1.807) is 0 Å². The third kappa shape index (κ3) is 3.13. The number of rotatable bonds is 4. The van der Waals surface area contributed by atoms with Crippen molar-refractivity contribution in [3.63, 3.8) is 0 Å². The average Bonchev–Trinajstić information content (AvgIpc) is 3.35. The summed E-state index contributed by atoms with van der Waals surface area (Å²) in [6, 6.07) is 18.7. The van der Waals surface area contributed by atoms with E-state index in [0.29, 0.717) is 5.56 Å². The van der Waals surface area contributed by atoms with Gasteiger partial charge < -0.3 is 5.32 Å². The van der Waals surface area contributed by atoms with Crippen LogP contribution in [-0.4, -0.2) is 23.9 Å². The standard InChI is InChI=1S/C24H24N2O/c27-24(20-8-6-17(7-9-20)16-26-14-1-2-15-26)25-22-13-12-19-11-10-18-4-3-5-21(22)23(18)19/h3-9,12-13H,1-2,10-11,14-16H2,(H,25,27). The lowest BCUT2D eigenvalue weighted by atomic mass is 10.0. The molecule has 0 radical (unpaired) electrons. The van der Waals surface area contributed by atoms with E-state index in [9.17, 15) is 4.79 Å². The number of hydrogen-bond donors (Lipinski definition) is 1. The lowest BCUT2D eigenvalue weighted by molar-refractivity contribution is 0.102. The summed E-state index contributed by atoms with van der Waals surface area (Å²) in [5.74, 6) is -0.0403. The molecule has 1 aliphatic heterocycles. The van der Waals surface area contributed by atoms with Gasteiger partial charge in [0.15, 0.2) is 0 Å². The van der Waals surface area contributed by atoms with Crippen LogP contribution in [0.5, 0.6) is 0 Å². The minimum Gasteiger partial charge on any atom is -0.321 e. The summed E-state index contributed by atoms with van der Waals surface area (Å²) in [7, 11) is 0. The Kier molecular flexibility index (Phi) is 4.17. The van der Waals surface area contributed by atoms with Crippen LogP contribution in [0.15, 0.2) is 54.6 Å². The molecule has 3 aromatic rings. The maximum absolute atomic E-state index is 12.8. The molecule has 1 saturated heterocycles. The number of nitrogens with one attached hydrogen (secondary N) is 1. The topological polar surface area (TPSA) is 32.3 Å². The molecular weight excluding hydrogens is 332 g/mol. The number of likely N-dealkylation sites (tertiary alicyclic amines) is 1. The summed E-state index contributed by atoms with van der Waals surface area (Å²) < 4.78 is 0. The Morgan fingerprint density at radius 3 is 2.41 bits per heavy atom. The van der Waals surface area contributed by atoms with Crippen molar-refractivity contribution in [2.45, 2.75) is 32.2 Å². The summed E-state index contributed by atoms with van der Waals surface area (Å²) in [5, 5.41) is 5.61. The van der Waals surface area contributed by atoms with E-state index in [1.165, 1.54) is 48.0 Å². The molecule has 0 spiro atoms. The van der Waals surface area contributed by atoms with Crippen LogP contribution in [0, 0.1) is 0 Å². The van der Waals surface area contributed by atoms with Gasteiger partial charge in [-0.25, -0.2) is 0 Å². The molecule has 5 rings (SSSR count). The van der Waals surface area contributed by atoms with E-state index in [2.05, 4.69) is 46.6 Å². The molecule has 3 nitrogen and oxygen atoms in total. The predicted octanol–water partition coefficient (Wildman–Crippen LogP) is 4.79. The second kappa shape index (κ2) is 6.82. The number of carbonyl (C=O) groups is 1. The predicted molar refractivity (Wildman–Crippen MR) is 110 cm³/mol. The van der Waals surface area contributed by atoms with E-state index in [4.69, 9.17) is 0 Å². The summed E-state index contributed by atoms with van der Waals surface area (Å²) in [5.41, 5.74) is 5.68. The van der Waals surface area contributed by atoms with Crippen molar-refractivity contribution in [1.82, 2.24) is 4.90 Å². The second-order valence-corrected chi connectivity index (χ2v) is 7.75. The lowest BCUT2D eigenvalue weighted by Crippen LogP contribution is -2.18. The molecule has 0 aromatic heterocycles. The fourth-order valence-electron chi connectivity index (χ4n) is 4.51. The van der Waals surface area contributed by atoms with Gasteiger partial charge in [-0.2, -0.15) is 0 Å². The van der Waals surface area contributed by atoms with Crippen molar-refractivity contribution >= 4 is 22.4 Å². The van der Waals surface area contributed by atoms with Crippen molar-refractivity contribution in [1.29, 1.82) is 0 Å². The number of anilines is 1. The molecule has 2 aliphatic rings. The van der Waals surface area contributed by atoms with Gasteiger partial charge in [0.2, 0.25) is 0 Å². The quantitative estimate of drug-likeness (QED) is 0.729. The van der Waals surface area contributed by atoms with Gasteiger partial charge in [0.05, 0.1) is 0 Å². The van der Waals surface area contributed by atoms with E-state index < -0.39 is 0 Å². The maximum Gasteiger partial charge on any atom is 0.255 e. The van der Waals surface area contributed by atoms with Gasteiger partial charge in [-0.15, -0.1) is 0 Å². The van der Waals surface area contributed by atoms with E-state index >= 15 is 0 Å². The SMILES string of the molecule is O=C(Nc1ccc2c3c(cccc13)CC2)c1ccc(CN2CCCC2)cc1. The number of hydrogen-bond acceptors (Lipinski definition) is 2. The van der Waals surface area contributed by atoms with Crippen LogP contribution in [0.3, 0.4) is 0 Å². The molecule has 3 heteroatoms. The molecule has 0 saturated carbocycles. The molecule has 1 aliphatic carbocycles. The Bertz CT molecular complexity index is 991. The molecule has 0 atom stereocenters. The van der Waals surface area contributed by atoms with Crippen LogP contribution < -0.4 is 5.32 Å². The fourth-order valence-corrected chi connectivity index (χ4v) is 4.51. The monoisotopic (exact) mass is 356 g/mol. The molecule has 1 fully saturated rings. The van der Waals surface area contributed by atoms with Crippen molar-refractivity contribution in [3.8, 4) is 0 Å². The van der Waals surface area contributed by atoms with Crippen molar-refractivity contribution in [2.75, 3.05) is 18.4 Å². The number of nitrogens with zero attached hydrogens (tertiary/aromatic N) is 1. The molecule has 0 bridgehead atoms. The highest BCUT2D eigenvalue weighted by molar-refractivity contribution is 6.10. The molecule has 0 unspecified atom stereocenters. The maximum atomic E-state index is 12.8. The summed E-state index contributed by atoms with van der Waals surface area (Å²) >= 11 is 0. The highest BCUT2D eigenvalue weighted by Gasteiger charge is 2.17. The van der Waals surface area contributed by atoms with Crippen LogP contribution in [0.1, 0.15) is 39.9 Å². The van der Waals surface area contributed by atoms with Crippen LogP contribution in [-0.2, 0) is 19.4 Å². The van der Waals surface area contributed by atoms with Crippen molar-refractivity contribution in [2.24, 2.45) is 0 Å². The molecule has 3 aromatic carbocycles.